The summed E-state index contributed by atoms with van der Waals surface area (Å²) in [6, 6.07) is 10.7. The van der Waals surface area contributed by atoms with Crippen LogP contribution in [0, 0.1) is 6.92 Å². The monoisotopic (exact) mass is 323 g/mol. The number of aryl methyl sites for hydroxylation is 1. The minimum absolute atomic E-state index is 0.286. The van der Waals surface area contributed by atoms with Gasteiger partial charge in [-0.15, -0.1) is 0 Å². The fourth-order valence-electron chi connectivity index (χ4n) is 1.39. The zero-order valence-corrected chi connectivity index (χ0v) is 12.0. The molecule has 0 aliphatic carbocycles. The summed E-state index contributed by atoms with van der Waals surface area (Å²) in [6.07, 6.45) is 0. The molecule has 0 radical (unpaired) electrons. The lowest BCUT2D eigenvalue weighted by molar-refractivity contribution is 0.0696. The average Bonchev–Trinajstić information content (AvgIpc) is 2.34. The van der Waals surface area contributed by atoms with Crippen molar-refractivity contribution in [2.24, 2.45) is 0 Å². The number of hydrogen-bond acceptors (Lipinski definition) is 3. The van der Waals surface area contributed by atoms with E-state index in [0.717, 1.165) is 20.1 Å². The van der Waals surface area contributed by atoms with E-state index in [2.05, 4.69) is 20.9 Å². The number of carboxylic acid groups (broad SMARTS) is 1. The lowest BCUT2D eigenvalue weighted by atomic mass is 10.2. The molecule has 0 aliphatic rings. The summed E-state index contributed by atoms with van der Waals surface area (Å²) in [5, 5.41) is 9.77. The second kappa shape index (κ2) is 5.54. The van der Waals surface area contributed by atoms with Crippen molar-refractivity contribution >= 4 is 33.7 Å². The van der Waals surface area contributed by atoms with Crippen LogP contribution in [-0.4, -0.2) is 16.1 Å². The van der Waals surface area contributed by atoms with E-state index in [-0.39, 0.29) is 5.56 Å². The summed E-state index contributed by atoms with van der Waals surface area (Å²) in [7, 11) is 0. The lowest BCUT2D eigenvalue weighted by Crippen LogP contribution is -1.95. The fraction of sp³-hybridized carbons (Fsp3) is 0.0769. The molecule has 2 rings (SSSR count). The number of pyridine rings is 1. The fourth-order valence-corrected chi connectivity index (χ4v) is 2.50. The zero-order valence-electron chi connectivity index (χ0n) is 9.55. The van der Waals surface area contributed by atoms with Gasteiger partial charge in [-0.2, -0.15) is 0 Å². The molecule has 1 N–H and O–H groups in total. The van der Waals surface area contributed by atoms with Crippen LogP contribution in [0.25, 0.3) is 0 Å². The summed E-state index contributed by atoms with van der Waals surface area (Å²) in [4.78, 5) is 16.1. The van der Waals surface area contributed by atoms with Crippen LogP contribution in [-0.2, 0) is 0 Å². The maximum absolute atomic E-state index is 10.9. The van der Waals surface area contributed by atoms with Crippen molar-refractivity contribution in [3.05, 3.63) is 52.1 Å². The third kappa shape index (κ3) is 3.11. The topological polar surface area (TPSA) is 50.2 Å². The van der Waals surface area contributed by atoms with Crippen LogP contribution >= 0.6 is 27.7 Å². The van der Waals surface area contributed by atoms with Gasteiger partial charge in [0.15, 0.2) is 0 Å². The lowest BCUT2D eigenvalue weighted by Gasteiger charge is -2.04. The van der Waals surface area contributed by atoms with E-state index < -0.39 is 5.97 Å². The molecular weight excluding hydrogens is 314 g/mol. The van der Waals surface area contributed by atoms with Gasteiger partial charge in [-0.05, 0) is 53.2 Å². The smallest absolute Gasteiger partial charge is 0.335 e. The Balaban J connectivity index is 2.25. The van der Waals surface area contributed by atoms with Crippen molar-refractivity contribution in [3.8, 4) is 0 Å². The molecule has 18 heavy (non-hydrogen) atoms. The standard InChI is InChI=1S/C13H10BrNO2S/c1-8-11(14)5-6-12(15-8)18-10-4-2-3-9(7-10)13(16)17/h2-7H,1H3,(H,16,17). The summed E-state index contributed by atoms with van der Waals surface area (Å²) in [6.45, 7) is 1.92. The van der Waals surface area contributed by atoms with E-state index in [1.54, 1.807) is 18.2 Å². The van der Waals surface area contributed by atoms with E-state index in [1.807, 2.05) is 25.1 Å². The summed E-state index contributed by atoms with van der Waals surface area (Å²) in [5.41, 5.74) is 1.20. The largest absolute Gasteiger partial charge is 0.478 e. The van der Waals surface area contributed by atoms with E-state index in [9.17, 15) is 4.79 Å². The first-order chi connectivity index (χ1) is 8.56. The summed E-state index contributed by atoms with van der Waals surface area (Å²) in [5.74, 6) is -0.919. The van der Waals surface area contributed by atoms with Crippen molar-refractivity contribution < 1.29 is 9.90 Å². The number of carbonyl (C=O) groups is 1. The second-order valence-corrected chi connectivity index (χ2v) is 5.60. The van der Waals surface area contributed by atoms with Gasteiger partial charge in [0, 0.05) is 9.37 Å². The first kappa shape index (κ1) is 13.1. The zero-order chi connectivity index (χ0) is 13.1. The molecule has 0 amide bonds. The Morgan fingerprint density at radius 3 is 2.78 bits per heavy atom. The number of nitrogens with zero attached hydrogens (tertiary/aromatic N) is 1. The van der Waals surface area contributed by atoms with Gasteiger partial charge in [-0.25, -0.2) is 9.78 Å². The van der Waals surface area contributed by atoms with Crippen LogP contribution in [0.4, 0.5) is 0 Å². The maximum Gasteiger partial charge on any atom is 0.335 e. The molecule has 1 aromatic carbocycles. The molecule has 3 nitrogen and oxygen atoms in total. The Morgan fingerprint density at radius 1 is 1.33 bits per heavy atom. The number of benzene rings is 1. The first-order valence-corrected chi connectivity index (χ1v) is 6.81. The third-order valence-corrected chi connectivity index (χ3v) is 4.06. The predicted molar refractivity (Wildman–Crippen MR) is 74.2 cm³/mol. The Bertz CT molecular complexity index is 601. The molecule has 0 atom stereocenters. The quantitative estimate of drug-likeness (QED) is 0.927. The molecule has 1 aromatic heterocycles. The Hall–Kier alpha value is -1.33. The number of aromatic nitrogens is 1. The summed E-state index contributed by atoms with van der Waals surface area (Å²) >= 11 is 4.84. The van der Waals surface area contributed by atoms with Gasteiger partial charge in [0.2, 0.25) is 0 Å². The SMILES string of the molecule is Cc1nc(Sc2cccc(C(=O)O)c2)ccc1Br. The molecule has 2 aromatic rings. The van der Waals surface area contributed by atoms with Crippen molar-refractivity contribution in [1.82, 2.24) is 4.98 Å². The molecule has 92 valence electrons. The first-order valence-electron chi connectivity index (χ1n) is 5.20. The van der Waals surface area contributed by atoms with Crippen LogP contribution in [0.15, 0.2) is 50.8 Å². The van der Waals surface area contributed by atoms with Gasteiger partial charge in [0.25, 0.3) is 0 Å². The van der Waals surface area contributed by atoms with E-state index in [0.29, 0.717) is 0 Å². The number of aromatic carboxylic acids is 1. The highest BCUT2D eigenvalue weighted by molar-refractivity contribution is 9.10. The van der Waals surface area contributed by atoms with Crippen molar-refractivity contribution in [2.45, 2.75) is 16.8 Å². The van der Waals surface area contributed by atoms with Gasteiger partial charge in [0.1, 0.15) is 5.03 Å². The molecule has 0 spiro atoms. The van der Waals surface area contributed by atoms with Crippen LogP contribution in [0.5, 0.6) is 0 Å². The van der Waals surface area contributed by atoms with E-state index in [4.69, 9.17) is 5.11 Å². The van der Waals surface area contributed by atoms with E-state index in [1.165, 1.54) is 11.8 Å². The van der Waals surface area contributed by atoms with Crippen molar-refractivity contribution in [2.75, 3.05) is 0 Å². The molecule has 0 fully saturated rings. The number of hydrogen-bond donors (Lipinski definition) is 1. The molecule has 1 heterocycles. The van der Waals surface area contributed by atoms with Crippen molar-refractivity contribution in [3.63, 3.8) is 0 Å². The molecule has 0 aliphatic heterocycles. The molecule has 0 bridgehead atoms. The van der Waals surface area contributed by atoms with Gasteiger partial charge >= 0.3 is 5.97 Å². The van der Waals surface area contributed by atoms with E-state index >= 15 is 0 Å². The van der Waals surface area contributed by atoms with Crippen LogP contribution in [0.2, 0.25) is 0 Å². The average molecular weight is 324 g/mol. The summed E-state index contributed by atoms with van der Waals surface area (Å²) < 4.78 is 0.964. The third-order valence-electron chi connectivity index (χ3n) is 2.30. The highest BCUT2D eigenvalue weighted by Crippen LogP contribution is 2.28. The molecular formula is C13H10BrNO2S. The van der Waals surface area contributed by atoms with Gasteiger partial charge in [-0.1, -0.05) is 17.8 Å². The molecule has 5 heteroatoms. The van der Waals surface area contributed by atoms with Gasteiger partial charge in [0.05, 0.1) is 11.3 Å². The number of rotatable bonds is 3. The Morgan fingerprint density at radius 2 is 2.11 bits per heavy atom. The molecule has 0 saturated carbocycles. The molecule has 0 saturated heterocycles. The van der Waals surface area contributed by atoms with Gasteiger partial charge in [-0.3, -0.25) is 0 Å². The highest BCUT2D eigenvalue weighted by Gasteiger charge is 2.06. The number of halogens is 1. The van der Waals surface area contributed by atoms with Crippen LogP contribution in [0.1, 0.15) is 16.1 Å². The number of carboxylic acids is 1. The van der Waals surface area contributed by atoms with Crippen LogP contribution < -0.4 is 0 Å². The Kier molecular flexibility index (Phi) is 4.04. The predicted octanol–water partition coefficient (Wildman–Crippen LogP) is 4.00. The maximum atomic E-state index is 10.9. The highest BCUT2D eigenvalue weighted by atomic mass is 79.9. The Labute approximate surface area is 117 Å². The van der Waals surface area contributed by atoms with Crippen LogP contribution in [0.3, 0.4) is 0 Å². The minimum atomic E-state index is -0.919. The normalized spacial score (nSPS) is 10.3. The molecule has 0 unspecified atom stereocenters. The second-order valence-electron chi connectivity index (χ2n) is 3.65. The van der Waals surface area contributed by atoms with Crippen molar-refractivity contribution in [1.29, 1.82) is 0 Å². The van der Waals surface area contributed by atoms with Gasteiger partial charge < -0.3 is 5.11 Å². The minimum Gasteiger partial charge on any atom is -0.478 e.